The molecule has 1 aromatic carbocycles. The van der Waals surface area contributed by atoms with Gasteiger partial charge >= 0.3 is 5.97 Å². The molecule has 4 rings (SSSR count). The summed E-state index contributed by atoms with van der Waals surface area (Å²) in [6.07, 6.45) is 6.48. The maximum absolute atomic E-state index is 12.6. The van der Waals surface area contributed by atoms with E-state index in [1.165, 1.54) is 18.0 Å². The van der Waals surface area contributed by atoms with Crippen LogP contribution in [-0.2, 0) is 24.1 Å². The first-order chi connectivity index (χ1) is 17.4. The second kappa shape index (κ2) is 12.1. The summed E-state index contributed by atoms with van der Waals surface area (Å²) in [5.41, 5.74) is 3.03. The lowest BCUT2D eigenvalue weighted by Gasteiger charge is -2.17. The molecule has 2 aromatic heterocycles. The van der Waals surface area contributed by atoms with Crippen molar-refractivity contribution >= 4 is 40.9 Å². The Labute approximate surface area is 219 Å². The van der Waals surface area contributed by atoms with Crippen LogP contribution in [0.3, 0.4) is 0 Å². The van der Waals surface area contributed by atoms with Crippen molar-refractivity contribution in [3.05, 3.63) is 81.2 Å². The van der Waals surface area contributed by atoms with E-state index in [0.717, 1.165) is 49.3 Å². The summed E-state index contributed by atoms with van der Waals surface area (Å²) in [6, 6.07) is 10.2. The van der Waals surface area contributed by atoms with E-state index in [1.54, 1.807) is 24.3 Å². The molecule has 0 bridgehead atoms. The third-order valence-corrected chi connectivity index (χ3v) is 6.42. The van der Waals surface area contributed by atoms with Crippen molar-refractivity contribution in [3.63, 3.8) is 0 Å². The van der Waals surface area contributed by atoms with Crippen molar-refractivity contribution < 1.29 is 19.4 Å². The number of rotatable bonds is 10. The third-order valence-electron chi connectivity index (χ3n) is 5.84. The van der Waals surface area contributed by atoms with Crippen LogP contribution in [0.1, 0.15) is 40.0 Å². The van der Waals surface area contributed by atoms with Crippen LogP contribution in [0.2, 0.25) is 10.0 Å². The van der Waals surface area contributed by atoms with Crippen molar-refractivity contribution in [1.82, 2.24) is 15.3 Å². The number of nitrogens with one attached hydrogen (secondary N) is 2. The fourth-order valence-electron chi connectivity index (χ4n) is 3.97. The first-order valence-electron chi connectivity index (χ1n) is 11.7. The average molecular weight is 529 g/mol. The van der Waals surface area contributed by atoms with Crippen molar-refractivity contribution in [1.29, 1.82) is 0 Å². The number of aryl methyl sites for hydroxylation is 2. The summed E-state index contributed by atoms with van der Waals surface area (Å²) in [5, 5.41) is 15.5. The Morgan fingerprint density at radius 3 is 2.58 bits per heavy atom. The van der Waals surface area contributed by atoms with Crippen LogP contribution >= 0.6 is 23.2 Å². The number of aromatic nitrogens is 2. The Bertz CT molecular complexity index is 1220. The molecule has 0 saturated heterocycles. The maximum atomic E-state index is 12.6. The molecule has 36 heavy (non-hydrogen) atoms. The zero-order valence-corrected chi connectivity index (χ0v) is 21.0. The SMILES string of the molecule is O=C(N[C@@H](Cc1ccc(OCCCc2ccc3c(n2)NCCC3)cc1)C(=O)O)c1c(Cl)cncc1Cl. The highest BCUT2D eigenvalue weighted by atomic mass is 35.5. The van der Waals surface area contributed by atoms with Crippen LogP contribution in [0.4, 0.5) is 5.82 Å². The van der Waals surface area contributed by atoms with Crippen LogP contribution in [0.15, 0.2) is 48.8 Å². The summed E-state index contributed by atoms with van der Waals surface area (Å²) in [4.78, 5) is 32.8. The number of aliphatic carboxylic acids is 1. The molecule has 8 nitrogen and oxygen atoms in total. The van der Waals surface area contributed by atoms with Gasteiger partial charge in [-0.1, -0.05) is 41.4 Å². The molecule has 188 valence electrons. The smallest absolute Gasteiger partial charge is 0.326 e. The molecule has 1 aliphatic heterocycles. The van der Waals surface area contributed by atoms with E-state index in [4.69, 9.17) is 32.9 Å². The number of ether oxygens (including phenoxy) is 1. The number of carboxylic acid groups (broad SMARTS) is 1. The van der Waals surface area contributed by atoms with Gasteiger partial charge in [-0.2, -0.15) is 0 Å². The lowest BCUT2D eigenvalue weighted by atomic mass is 10.1. The zero-order chi connectivity index (χ0) is 25.5. The Balaban J connectivity index is 1.27. The molecule has 3 heterocycles. The quantitative estimate of drug-likeness (QED) is 0.330. The molecular weight excluding hydrogens is 503 g/mol. The number of fused-ring (bicyclic) bond motifs is 1. The minimum Gasteiger partial charge on any atom is -0.494 e. The standard InChI is InChI=1S/C26H26Cl2N4O4/c27-20-14-29-15-21(28)23(20)25(33)32-22(26(34)35)13-16-5-9-19(10-6-16)36-12-2-4-18-8-7-17-3-1-11-30-24(17)31-18/h5-10,14-15,22H,1-4,11-13H2,(H,30,31)(H,32,33)(H,34,35)/t22-/m0/s1. The van der Waals surface area contributed by atoms with Gasteiger partial charge in [-0.3, -0.25) is 9.78 Å². The number of nitrogens with zero attached hydrogens (tertiary/aromatic N) is 2. The fraction of sp³-hybridized carbons (Fsp3) is 0.308. The molecule has 0 spiro atoms. The average Bonchev–Trinajstić information content (AvgIpc) is 2.87. The molecule has 10 heteroatoms. The molecule has 0 fully saturated rings. The number of pyridine rings is 2. The highest BCUT2D eigenvalue weighted by Crippen LogP contribution is 2.23. The topological polar surface area (TPSA) is 113 Å². The molecule has 0 saturated carbocycles. The Morgan fingerprint density at radius 2 is 1.86 bits per heavy atom. The summed E-state index contributed by atoms with van der Waals surface area (Å²) < 4.78 is 5.83. The lowest BCUT2D eigenvalue weighted by molar-refractivity contribution is -0.139. The van der Waals surface area contributed by atoms with Crippen molar-refractivity contribution in [2.75, 3.05) is 18.5 Å². The Morgan fingerprint density at radius 1 is 1.11 bits per heavy atom. The van der Waals surface area contributed by atoms with Gasteiger partial charge in [0.1, 0.15) is 17.6 Å². The summed E-state index contributed by atoms with van der Waals surface area (Å²) in [7, 11) is 0. The van der Waals surface area contributed by atoms with Gasteiger partial charge in [0.15, 0.2) is 0 Å². The van der Waals surface area contributed by atoms with Gasteiger partial charge < -0.3 is 20.5 Å². The van der Waals surface area contributed by atoms with Crippen LogP contribution in [0.5, 0.6) is 5.75 Å². The van der Waals surface area contributed by atoms with E-state index in [2.05, 4.69) is 27.8 Å². The van der Waals surface area contributed by atoms with Crippen LogP contribution < -0.4 is 15.4 Å². The molecule has 1 amide bonds. The highest BCUT2D eigenvalue weighted by molar-refractivity contribution is 6.39. The number of amides is 1. The molecular formula is C26H26Cl2N4O4. The van der Waals surface area contributed by atoms with Crippen LogP contribution in [0, 0.1) is 0 Å². The number of carbonyl (C=O) groups excluding carboxylic acids is 1. The van der Waals surface area contributed by atoms with Gasteiger partial charge in [-0.25, -0.2) is 9.78 Å². The number of hydrogen-bond acceptors (Lipinski definition) is 6. The Kier molecular flexibility index (Phi) is 8.61. The highest BCUT2D eigenvalue weighted by Gasteiger charge is 2.24. The van der Waals surface area contributed by atoms with Gasteiger partial charge in [0, 0.05) is 31.1 Å². The predicted molar refractivity (Wildman–Crippen MR) is 138 cm³/mol. The molecule has 1 atom stereocenters. The van der Waals surface area contributed by atoms with Crippen LogP contribution in [-0.4, -0.2) is 46.1 Å². The molecule has 3 N–H and O–H groups in total. The van der Waals surface area contributed by atoms with E-state index in [-0.39, 0.29) is 22.0 Å². The summed E-state index contributed by atoms with van der Waals surface area (Å²) in [5.74, 6) is -0.164. The number of halogens is 2. The van der Waals surface area contributed by atoms with Gasteiger partial charge in [-0.15, -0.1) is 0 Å². The first kappa shape index (κ1) is 25.7. The second-order valence-electron chi connectivity index (χ2n) is 8.48. The molecule has 1 aliphatic rings. The van der Waals surface area contributed by atoms with Gasteiger partial charge in [0.05, 0.1) is 22.2 Å². The monoisotopic (exact) mass is 528 g/mol. The molecule has 0 aliphatic carbocycles. The van der Waals surface area contributed by atoms with E-state index in [0.29, 0.717) is 12.4 Å². The van der Waals surface area contributed by atoms with Crippen molar-refractivity contribution in [3.8, 4) is 5.75 Å². The Hall–Kier alpha value is -3.36. The predicted octanol–water partition coefficient (Wildman–Crippen LogP) is 4.58. The van der Waals surface area contributed by atoms with Gasteiger partial charge in [-0.05, 0) is 55.0 Å². The number of carbonyl (C=O) groups is 2. The molecule has 3 aromatic rings. The number of carboxylic acids is 1. The van der Waals surface area contributed by atoms with Crippen molar-refractivity contribution in [2.24, 2.45) is 0 Å². The maximum Gasteiger partial charge on any atom is 0.326 e. The minimum absolute atomic E-state index is 0.00909. The number of anilines is 1. The van der Waals surface area contributed by atoms with Crippen molar-refractivity contribution in [2.45, 2.75) is 38.1 Å². The number of hydrogen-bond donors (Lipinski definition) is 3. The number of benzene rings is 1. The summed E-state index contributed by atoms with van der Waals surface area (Å²) in [6.45, 7) is 1.50. The third kappa shape index (κ3) is 6.65. The fourth-order valence-corrected chi connectivity index (χ4v) is 4.50. The van der Waals surface area contributed by atoms with Gasteiger partial charge in [0.25, 0.3) is 5.91 Å². The van der Waals surface area contributed by atoms with E-state index in [1.807, 2.05) is 0 Å². The molecule has 0 unspecified atom stereocenters. The van der Waals surface area contributed by atoms with Gasteiger partial charge in [0.2, 0.25) is 0 Å². The first-order valence-corrected chi connectivity index (χ1v) is 12.4. The van der Waals surface area contributed by atoms with Crippen LogP contribution in [0.25, 0.3) is 0 Å². The minimum atomic E-state index is -1.17. The van der Waals surface area contributed by atoms with E-state index >= 15 is 0 Å². The molecule has 0 radical (unpaired) electrons. The second-order valence-corrected chi connectivity index (χ2v) is 9.30. The normalized spacial score (nSPS) is 13.3. The van der Waals surface area contributed by atoms with E-state index < -0.39 is 17.9 Å². The zero-order valence-electron chi connectivity index (χ0n) is 19.5. The summed E-state index contributed by atoms with van der Waals surface area (Å²) >= 11 is 12.0. The van der Waals surface area contributed by atoms with E-state index in [9.17, 15) is 14.7 Å². The largest absolute Gasteiger partial charge is 0.494 e. The lowest BCUT2D eigenvalue weighted by Crippen LogP contribution is -2.42.